The maximum atomic E-state index is 5.77. The average molecular weight is 290 g/mol. The lowest BCUT2D eigenvalue weighted by atomic mass is 9.98. The Morgan fingerprint density at radius 1 is 1.33 bits per heavy atom. The standard InChI is InChI=1S/C18H30N2O/c1-4-21-18-10-6-5-9-17(18)14-20(15(2)3)13-16-8-7-11-19-12-16/h5-6,9-10,15-16,19H,4,7-8,11-14H2,1-3H3. The summed E-state index contributed by atoms with van der Waals surface area (Å²) in [6, 6.07) is 9.00. The van der Waals surface area contributed by atoms with Gasteiger partial charge < -0.3 is 10.1 Å². The van der Waals surface area contributed by atoms with Crippen molar-refractivity contribution >= 4 is 0 Å². The van der Waals surface area contributed by atoms with E-state index < -0.39 is 0 Å². The predicted octanol–water partition coefficient (Wildman–Crippen LogP) is 3.30. The van der Waals surface area contributed by atoms with Gasteiger partial charge in [0.2, 0.25) is 0 Å². The van der Waals surface area contributed by atoms with E-state index in [0.29, 0.717) is 6.04 Å². The van der Waals surface area contributed by atoms with Crippen molar-refractivity contribution in [3.8, 4) is 5.75 Å². The van der Waals surface area contributed by atoms with Gasteiger partial charge in [0, 0.05) is 24.7 Å². The quantitative estimate of drug-likeness (QED) is 0.834. The van der Waals surface area contributed by atoms with Gasteiger partial charge in [0.25, 0.3) is 0 Å². The van der Waals surface area contributed by atoms with Crippen LogP contribution in [0, 0.1) is 5.92 Å². The maximum Gasteiger partial charge on any atom is 0.123 e. The molecule has 1 aliphatic heterocycles. The second-order valence-electron chi connectivity index (χ2n) is 6.28. The largest absolute Gasteiger partial charge is 0.494 e. The van der Waals surface area contributed by atoms with E-state index in [9.17, 15) is 0 Å². The molecule has 0 saturated carbocycles. The lowest BCUT2D eigenvalue weighted by Crippen LogP contribution is -2.40. The van der Waals surface area contributed by atoms with E-state index in [1.165, 1.54) is 31.5 Å². The molecule has 3 nitrogen and oxygen atoms in total. The van der Waals surface area contributed by atoms with Gasteiger partial charge in [-0.1, -0.05) is 18.2 Å². The highest BCUT2D eigenvalue weighted by molar-refractivity contribution is 5.33. The van der Waals surface area contributed by atoms with E-state index in [2.05, 4.69) is 48.3 Å². The van der Waals surface area contributed by atoms with Crippen molar-refractivity contribution in [3.05, 3.63) is 29.8 Å². The average Bonchev–Trinajstić information content (AvgIpc) is 2.49. The maximum absolute atomic E-state index is 5.77. The minimum absolute atomic E-state index is 0.557. The topological polar surface area (TPSA) is 24.5 Å². The van der Waals surface area contributed by atoms with Gasteiger partial charge in [-0.2, -0.15) is 0 Å². The fraction of sp³-hybridized carbons (Fsp3) is 0.667. The Morgan fingerprint density at radius 3 is 2.81 bits per heavy atom. The molecule has 1 heterocycles. The van der Waals surface area contributed by atoms with Gasteiger partial charge in [0.15, 0.2) is 0 Å². The molecule has 1 aromatic rings. The third kappa shape index (κ3) is 5.01. The number of benzene rings is 1. The highest BCUT2D eigenvalue weighted by atomic mass is 16.5. The Balaban J connectivity index is 2.01. The molecule has 3 heteroatoms. The van der Waals surface area contributed by atoms with E-state index in [1.807, 2.05) is 6.92 Å². The molecule has 118 valence electrons. The molecule has 1 aromatic carbocycles. The fourth-order valence-corrected chi connectivity index (χ4v) is 3.02. The summed E-state index contributed by atoms with van der Waals surface area (Å²) < 4.78 is 5.77. The molecule has 1 aliphatic rings. The summed E-state index contributed by atoms with van der Waals surface area (Å²) >= 11 is 0. The molecular weight excluding hydrogens is 260 g/mol. The Kier molecular flexibility index (Phi) is 6.52. The van der Waals surface area contributed by atoms with Crippen molar-refractivity contribution in [2.75, 3.05) is 26.2 Å². The van der Waals surface area contributed by atoms with E-state index in [0.717, 1.165) is 31.4 Å². The van der Waals surface area contributed by atoms with Crippen molar-refractivity contribution < 1.29 is 4.74 Å². The lowest BCUT2D eigenvalue weighted by Gasteiger charge is -2.33. The Morgan fingerprint density at radius 2 is 2.14 bits per heavy atom. The third-order valence-corrected chi connectivity index (χ3v) is 4.27. The summed E-state index contributed by atoms with van der Waals surface area (Å²) in [5.41, 5.74) is 1.30. The van der Waals surface area contributed by atoms with Crippen molar-refractivity contribution in [1.29, 1.82) is 0 Å². The Labute approximate surface area is 129 Å². The second-order valence-corrected chi connectivity index (χ2v) is 6.28. The zero-order valence-electron chi connectivity index (χ0n) is 13.8. The van der Waals surface area contributed by atoms with Crippen molar-refractivity contribution in [1.82, 2.24) is 10.2 Å². The van der Waals surface area contributed by atoms with Crippen LogP contribution in [0.25, 0.3) is 0 Å². The van der Waals surface area contributed by atoms with Gasteiger partial charge in [-0.3, -0.25) is 4.90 Å². The van der Waals surface area contributed by atoms with Crippen LogP contribution in [-0.4, -0.2) is 37.2 Å². The molecule has 0 amide bonds. The number of piperidine rings is 1. The smallest absolute Gasteiger partial charge is 0.123 e. The third-order valence-electron chi connectivity index (χ3n) is 4.27. The first-order chi connectivity index (χ1) is 10.2. The van der Waals surface area contributed by atoms with Crippen LogP contribution >= 0.6 is 0 Å². The lowest BCUT2D eigenvalue weighted by molar-refractivity contribution is 0.162. The van der Waals surface area contributed by atoms with E-state index >= 15 is 0 Å². The summed E-state index contributed by atoms with van der Waals surface area (Å²) in [7, 11) is 0. The van der Waals surface area contributed by atoms with Crippen LogP contribution in [0.1, 0.15) is 39.2 Å². The van der Waals surface area contributed by atoms with Gasteiger partial charge in [-0.15, -0.1) is 0 Å². The molecule has 0 spiro atoms. The molecule has 1 unspecified atom stereocenters. The first-order valence-corrected chi connectivity index (χ1v) is 8.36. The number of nitrogens with one attached hydrogen (secondary N) is 1. The molecular formula is C18H30N2O. The van der Waals surface area contributed by atoms with Gasteiger partial charge in [0.1, 0.15) is 5.75 Å². The Hall–Kier alpha value is -1.06. The summed E-state index contributed by atoms with van der Waals surface area (Å²) in [6.07, 6.45) is 2.66. The zero-order chi connectivity index (χ0) is 15.1. The monoisotopic (exact) mass is 290 g/mol. The first kappa shape index (κ1) is 16.3. The van der Waals surface area contributed by atoms with Crippen LogP contribution in [0.4, 0.5) is 0 Å². The molecule has 0 radical (unpaired) electrons. The highest BCUT2D eigenvalue weighted by Crippen LogP contribution is 2.22. The molecule has 0 aliphatic carbocycles. The molecule has 1 N–H and O–H groups in total. The van der Waals surface area contributed by atoms with Gasteiger partial charge >= 0.3 is 0 Å². The molecule has 0 bridgehead atoms. The number of nitrogens with zero attached hydrogens (tertiary/aromatic N) is 1. The molecule has 1 fully saturated rings. The normalized spacial score (nSPS) is 19.2. The number of ether oxygens (including phenoxy) is 1. The molecule has 21 heavy (non-hydrogen) atoms. The van der Waals surface area contributed by atoms with Crippen LogP contribution in [0.5, 0.6) is 5.75 Å². The molecule has 0 aromatic heterocycles. The van der Waals surface area contributed by atoms with Crippen molar-refractivity contribution in [2.45, 2.75) is 46.2 Å². The van der Waals surface area contributed by atoms with E-state index in [1.54, 1.807) is 0 Å². The second kappa shape index (κ2) is 8.40. The van der Waals surface area contributed by atoms with Gasteiger partial charge in [0.05, 0.1) is 6.61 Å². The summed E-state index contributed by atoms with van der Waals surface area (Å²) in [5, 5.41) is 3.52. The van der Waals surface area contributed by atoms with E-state index in [4.69, 9.17) is 4.74 Å². The van der Waals surface area contributed by atoms with Crippen LogP contribution in [0.15, 0.2) is 24.3 Å². The number of para-hydroxylation sites is 1. The predicted molar refractivity (Wildman–Crippen MR) is 88.8 cm³/mol. The number of hydrogen-bond acceptors (Lipinski definition) is 3. The summed E-state index contributed by atoms with van der Waals surface area (Å²) in [6.45, 7) is 11.9. The summed E-state index contributed by atoms with van der Waals surface area (Å²) in [4.78, 5) is 2.58. The first-order valence-electron chi connectivity index (χ1n) is 8.36. The van der Waals surface area contributed by atoms with Crippen LogP contribution in [0.3, 0.4) is 0 Å². The van der Waals surface area contributed by atoms with Gasteiger partial charge in [-0.25, -0.2) is 0 Å². The minimum Gasteiger partial charge on any atom is -0.494 e. The van der Waals surface area contributed by atoms with Crippen molar-refractivity contribution in [3.63, 3.8) is 0 Å². The molecule has 2 rings (SSSR count). The van der Waals surface area contributed by atoms with Crippen LogP contribution in [0.2, 0.25) is 0 Å². The fourth-order valence-electron chi connectivity index (χ4n) is 3.02. The van der Waals surface area contributed by atoms with Crippen LogP contribution < -0.4 is 10.1 Å². The van der Waals surface area contributed by atoms with Gasteiger partial charge in [-0.05, 0) is 58.7 Å². The minimum atomic E-state index is 0.557. The summed E-state index contributed by atoms with van der Waals surface area (Å²) in [5.74, 6) is 1.81. The highest BCUT2D eigenvalue weighted by Gasteiger charge is 2.20. The number of hydrogen-bond donors (Lipinski definition) is 1. The molecule has 1 saturated heterocycles. The van der Waals surface area contributed by atoms with Crippen molar-refractivity contribution in [2.24, 2.45) is 5.92 Å². The van der Waals surface area contributed by atoms with E-state index in [-0.39, 0.29) is 0 Å². The zero-order valence-corrected chi connectivity index (χ0v) is 13.8. The molecule has 1 atom stereocenters. The van der Waals surface area contributed by atoms with Crippen LogP contribution in [-0.2, 0) is 6.54 Å². The number of rotatable bonds is 7. The Bertz CT molecular complexity index is 413. The SMILES string of the molecule is CCOc1ccccc1CN(CC1CCCNC1)C(C)C.